The van der Waals surface area contributed by atoms with Crippen molar-refractivity contribution in [3.63, 3.8) is 0 Å². The topological polar surface area (TPSA) is 69.2 Å². The molecule has 3 rings (SSSR count). The number of carbonyl (C=O) groups is 1. The summed E-state index contributed by atoms with van der Waals surface area (Å²) < 4.78 is 17.3. The highest BCUT2D eigenvalue weighted by Gasteiger charge is 2.34. The molecular formula is C21H23BrN2O4S. The molecule has 154 valence electrons. The highest BCUT2D eigenvalue weighted by molar-refractivity contribution is 9.10. The summed E-state index contributed by atoms with van der Waals surface area (Å²) >= 11 is 4.72. The van der Waals surface area contributed by atoms with Crippen molar-refractivity contribution in [2.45, 2.75) is 44.1 Å². The normalized spacial score (nSPS) is 14.8. The average molecular weight is 479 g/mol. The summed E-state index contributed by atoms with van der Waals surface area (Å²) in [5.74, 6) is 0.708. The van der Waals surface area contributed by atoms with Crippen molar-refractivity contribution in [3.8, 4) is 5.75 Å². The Morgan fingerprint density at radius 2 is 2.03 bits per heavy atom. The Kier molecular flexibility index (Phi) is 7.08. The molecule has 0 spiro atoms. The number of halogens is 1. The van der Waals surface area contributed by atoms with Crippen molar-refractivity contribution in [2.75, 3.05) is 11.9 Å². The fourth-order valence-electron chi connectivity index (χ4n) is 2.79. The van der Waals surface area contributed by atoms with Gasteiger partial charge >= 0.3 is 6.09 Å². The third-order valence-electron chi connectivity index (χ3n) is 4.31. The van der Waals surface area contributed by atoms with Gasteiger partial charge in [-0.15, -0.1) is 0 Å². The van der Waals surface area contributed by atoms with E-state index in [-0.39, 0.29) is 0 Å². The number of unbranched alkanes of at least 4 members (excludes halogenated alkanes) is 1. The standard InChI is InChI=1S/C21H23BrN2O4S/c1-14-6-8-15(9-7-14)29-28-23-10-4-5-11-26-19-12-16-18(13-17(19)22)24-20(25)27-21(16,2)3/h6-10,12-13H,4-5,11H2,1-3H3,(H,24,25). The zero-order chi connectivity index (χ0) is 20.9. The number of hydrogen-bond acceptors (Lipinski definition) is 6. The summed E-state index contributed by atoms with van der Waals surface area (Å²) in [5.41, 5.74) is 2.10. The number of anilines is 1. The molecule has 0 fully saturated rings. The van der Waals surface area contributed by atoms with Crippen LogP contribution in [0, 0.1) is 6.92 Å². The zero-order valence-corrected chi connectivity index (χ0v) is 18.9. The number of amides is 1. The van der Waals surface area contributed by atoms with Gasteiger partial charge in [0.2, 0.25) is 0 Å². The third-order valence-corrected chi connectivity index (χ3v) is 5.56. The predicted molar refractivity (Wildman–Crippen MR) is 119 cm³/mol. The Labute approximate surface area is 183 Å². The van der Waals surface area contributed by atoms with Crippen molar-refractivity contribution in [1.82, 2.24) is 0 Å². The second kappa shape index (κ2) is 9.54. The molecule has 0 aliphatic carbocycles. The minimum atomic E-state index is -0.713. The van der Waals surface area contributed by atoms with Crippen LogP contribution < -0.4 is 10.1 Å². The first-order valence-electron chi connectivity index (χ1n) is 9.24. The molecular weight excluding hydrogens is 456 g/mol. The Morgan fingerprint density at radius 1 is 1.28 bits per heavy atom. The van der Waals surface area contributed by atoms with Gasteiger partial charge in [-0.3, -0.25) is 5.32 Å². The van der Waals surface area contributed by atoms with Gasteiger partial charge < -0.3 is 13.8 Å². The van der Waals surface area contributed by atoms with Crippen LogP contribution in [0.25, 0.3) is 0 Å². The minimum Gasteiger partial charge on any atom is -0.492 e. The van der Waals surface area contributed by atoms with Crippen LogP contribution in [0.3, 0.4) is 0 Å². The van der Waals surface area contributed by atoms with Gasteiger partial charge in [-0.05, 0) is 73.8 Å². The molecule has 6 nitrogen and oxygen atoms in total. The molecule has 2 aromatic carbocycles. The summed E-state index contributed by atoms with van der Waals surface area (Å²) in [6.45, 7) is 6.29. The Morgan fingerprint density at radius 3 is 2.79 bits per heavy atom. The molecule has 1 aliphatic rings. The van der Waals surface area contributed by atoms with Gasteiger partial charge in [0.1, 0.15) is 23.4 Å². The monoisotopic (exact) mass is 478 g/mol. The van der Waals surface area contributed by atoms with Crippen LogP contribution in [0.5, 0.6) is 5.75 Å². The fourth-order valence-corrected chi connectivity index (χ4v) is 3.68. The lowest BCUT2D eigenvalue weighted by Crippen LogP contribution is -2.34. The maximum atomic E-state index is 11.6. The van der Waals surface area contributed by atoms with E-state index in [4.69, 9.17) is 13.8 Å². The first kappa shape index (κ1) is 21.5. The zero-order valence-electron chi connectivity index (χ0n) is 16.5. The van der Waals surface area contributed by atoms with E-state index in [0.29, 0.717) is 12.4 Å². The minimum absolute atomic E-state index is 0.454. The highest BCUT2D eigenvalue weighted by Crippen LogP contribution is 2.41. The van der Waals surface area contributed by atoms with Gasteiger partial charge in [0, 0.05) is 11.8 Å². The molecule has 2 aromatic rings. The Hall–Kier alpha value is -2.19. The van der Waals surface area contributed by atoms with E-state index in [1.165, 1.54) is 17.6 Å². The second-order valence-corrected chi connectivity index (χ2v) is 8.74. The number of rotatable bonds is 8. The smallest absolute Gasteiger partial charge is 0.412 e. The number of oxime groups is 1. The maximum absolute atomic E-state index is 11.6. The lowest BCUT2D eigenvalue weighted by Gasteiger charge is -2.33. The number of fused-ring (bicyclic) bond motifs is 1. The molecule has 0 radical (unpaired) electrons. The Balaban J connectivity index is 1.44. The summed E-state index contributed by atoms with van der Waals surface area (Å²) in [6, 6.07) is 11.8. The van der Waals surface area contributed by atoms with Gasteiger partial charge in [0.15, 0.2) is 0 Å². The summed E-state index contributed by atoms with van der Waals surface area (Å²) in [5, 5.41) is 6.67. The van der Waals surface area contributed by atoms with Crippen LogP contribution in [0.15, 0.2) is 50.9 Å². The first-order valence-corrected chi connectivity index (χ1v) is 10.8. The highest BCUT2D eigenvalue weighted by atomic mass is 79.9. The molecule has 1 aliphatic heterocycles. The SMILES string of the molecule is Cc1ccc(SON=CCCCOc2cc3c(cc2Br)NC(=O)OC3(C)C)cc1. The van der Waals surface area contributed by atoms with Gasteiger partial charge in [0.05, 0.1) is 21.7 Å². The van der Waals surface area contributed by atoms with Gasteiger partial charge in [-0.25, -0.2) is 4.79 Å². The van der Waals surface area contributed by atoms with E-state index in [1.54, 1.807) is 6.21 Å². The molecule has 29 heavy (non-hydrogen) atoms. The largest absolute Gasteiger partial charge is 0.492 e. The molecule has 1 N–H and O–H groups in total. The van der Waals surface area contributed by atoms with Crippen LogP contribution in [-0.4, -0.2) is 18.9 Å². The van der Waals surface area contributed by atoms with Crippen LogP contribution in [0.4, 0.5) is 10.5 Å². The van der Waals surface area contributed by atoms with E-state index in [1.807, 2.05) is 57.2 Å². The van der Waals surface area contributed by atoms with Crippen molar-refractivity contribution in [2.24, 2.45) is 5.16 Å². The molecule has 1 amide bonds. The van der Waals surface area contributed by atoms with Crippen molar-refractivity contribution < 1.29 is 18.6 Å². The lowest BCUT2D eigenvalue weighted by atomic mass is 9.94. The average Bonchev–Trinajstić information content (AvgIpc) is 2.65. The van der Waals surface area contributed by atoms with Gasteiger partial charge in [-0.1, -0.05) is 22.9 Å². The van der Waals surface area contributed by atoms with E-state index in [0.717, 1.165) is 33.5 Å². The molecule has 1 heterocycles. The molecule has 0 saturated carbocycles. The summed E-state index contributed by atoms with van der Waals surface area (Å²) in [6.07, 6.45) is 2.81. The quantitative estimate of drug-likeness (QED) is 0.205. The van der Waals surface area contributed by atoms with Crippen molar-refractivity contribution in [1.29, 1.82) is 0 Å². The first-order chi connectivity index (χ1) is 13.8. The summed E-state index contributed by atoms with van der Waals surface area (Å²) in [4.78, 5) is 12.7. The molecule has 0 unspecified atom stereocenters. The number of carbonyl (C=O) groups excluding carboxylic acids is 1. The number of cyclic esters (lactones) is 1. The van der Waals surface area contributed by atoms with Crippen LogP contribution in [-0.2, 0) is 14.6 Å². The molecule has 0 bridgehead atoms. The fraction of sp³-hybridized carbons (Fsp3) is 0.333. The molecule has 0 aromatic heterocycles. The number of benzene rings is 2. The van der Waals surface area contributed by atoms with Gasteiger partial charge in [-0.2, -0.15) is 0 Å². The van der Waals surface area contributed by atoms with Crippen LogP contribution in [0.1, 0.15) is 37.8 Å². The predicted octanol–water partition coefficient (Wildman–Crippen LogP) is 6.42. The van der Waals surface area contributed by atoms with E-state index >= 15 is 0 Å². The number of nitrogens with zero attached hydrogens (tertiary/aromatic N) is 1. The number of nitrogens with one attached hydrogen (secondary N) is 1. The number of aryl methyl sites for hydroxylation is 1. The van der Waals surface area contributed by atoms with Crippen molar-refractivity contribution >= 4 is 46.0 Å². The Bertz CT molecular complexity index is 900. The third kappa shape index (κ3) is 5.90. The van der Waals surface area contributed by atoms with E-state index in [2.05, 4.69) is 26.4 Å². The van der Waals surface area contributed by atoms with Crippen LogP contribution in [0.2, 0.25) is 0 Å². The van der Waals surface area contributed by atoms with Gasteiger partial charge in [0.25, 0.3) is 0 Å². The lowest BCUT2D eigenvalue weighted by molar-refractivity contribution is 0.0418. The van der Waals surface area contributed by atoms with Crippen LogP contribution >= 0.6 is 28.0 Å². The van der Waals surface area contributed by atoms with Crippen molar-refractivity contribution in [3.05, 3.63) is 52.0 Å². The second-order valence-electron chi connectivity index (χ2n) is 7.10. The molecule has 8 heteroatoms. The molecule has 0 atom stereocenters. The maximum Gasteiger partial charge on any atom is 0.412 e. The van der Waals surface area contributed by atoms with E-state index in [9.17, 15) is 4.79 Å². The van der Waals surface area contributed by atoms with E-state index < -0.39 is 11.7 Å². The number of hydrogen-bond donors (Lipinski definition) is 1. The summed E-state index contributed by atoms with van der Waals surface area (Å²) in [7, 11) is 0. The molecule has 0 saturated heterocycles. The number of ether oxygens (including phenoxy) is 2.